The van der Waals surface area contributed by atoms with Gasteiger partial charge in [-0.05, 0) is 12.1 Å². The average molecular weight is 243 g/mol. The quantitative estimate of drug-likeness (QED) is 0.443. The third-order valence-electron chi connectivity index (χ3n) is 1.47. The summed E-state index contributed by atoms with van der Waals surface area (Å²) in [7, 11) is 0. The van der Waals surface area contributed by atoms with Gasteiger partial charge in [0, 0.05) is 5.56 Å². The maximum absolute atomic E-state index is 12.6. The molecule has 1 rings (SSSR count). The molecule has 0 saturated carbocycles. The van der Waals surface area contributed by atoms with Crippen molar-refractivity contribution < 1.29 is 18.0 Å². The van der Waals surface area contributed by atoms with Gasteiger partial charge in [0.05, 0.1) is 0 Å². The van der Waals surface area contributed by atoms with Crippen molar-refractivity contribution in [2.24, 2.45) is 0 Å². The van der Waals surface area contributed by atoms with E-state index in [1.165, 1.54) is 0 Å². The van der Waals surface area contributed by atoms with E-state index in [9.17, 15) is 18.0 Å². The number of alkyl halides is 2. The van der Waals surface area contributed by atoms with Crippen LogP contribution in [0.5, 0.6) is 0 Å². The van der Waals surface area contributed by atoms with E-state index in [-0.39, 0.29) is 0 Å². The molecule has 0 radical (unpaired) electrons. The molecule has 0 aromatic heterocycles. The van der Waals surface area contributed by atoms with Gasteiger partial charge in [0.1, 0.15) is 0 Å². The summed E-state index contributed by atoms with van der Waals surface area (Å²) in [5.74, 6) is -5.43. The van der Waals surface area contributed by atoms with E-state index < -0.39 is 33.6 Å². The highest BCUT2D eigenvalue weighted by Gasteiger charge is 2.19. The Morgan fingerprint density at radius 1 is 1.14 bits per heavy atom. The normalized spacial score (nSPS) is 10.7. The lowest BCUT2D eigenvalue weighted by Gasteiger charge is -2.02. The zero-order valence-electron chi connectivity index (χ0n) is 6.53. The average Bonchev–Trinajstić information content (AvgIpc) is 2.12. The molecule has 6 heteroatoms. The van der Waals surface area contributed by atoms with Crippen LogP contribution in [0.15, 0.2) is 12.1 Å². The van der Waals surface area contributed by atoms with Gasteiger partial charge in [-0.15, -0.1) is 0 Å². The number of hydrogen-bond acceptors (Lipinski definition) is 1. The van der Waals surface area contributed by atoms with Crippen molar-refractivity contribution in [1.29, 1.82) is 0 Å². The molecule has 0 bridgehead atoms. The van der Waals surface area contributed by atoms with Gasteiger partial charge >= 0.3 is 0 Å². The first kappa shape index (κ1) is 11.3. The van der Waals surface area contributed by atoms with Crippen molar-refractivity contribution in [3.8, 4) is 0 Å². The molecule has 0 atom stereocenters. The molecule has 1 aromatic rings. The second-order valence-electron chi connectivity index (χ2n) is 2.42. The molecule has 14 heavy (non-hydrogen) atoms. The van der Waals surface area contributed by atoms with Crippen LogP contribution < -0.4 is 0 Å². The van der Waals surface area contributed by atoms with E-state index in [1.807, 2.05) is 0 Å². The molecule has 0 unspecified atom stereocenters. The van der Waals surface area contributed by atoms with Gasteiger partial charge in [0.25, 0.3) is 0 Å². The van der Waals surface area contributed by atoms with Crippen LogP contribution in [0.4, 0.5) is 13.2 Å². The van der Waals surface area contributed by atoms with Crippen LogP contribution >= 0.6 is 23.2 Å². The van der Waals surface area contributed by atoms with Crippen molar-refractivity contribution in [2.75, 3.05) is 0 Å². The van der Waals surface area contributed by atoms with Gasteiger partial charge in [-0.2, -0.15) is 0 Å². The van der Waals surface area contributed by atoms with E-state index in [1.54, 1.807) is 0 Å². The Bertz CT molecular complexity index is 356. The summed E-state index contributed by atoms with van der Waals surface area (Å²) in [5, 5.41) is 0. The van der Waals surface area contributed by atoms with Crippen LogP contribution in [-0.4, -0.2) is 10.6 Å². The molecule has 0 fully saturated rings. The van der Waals surface area contributed by atoms with Gasteiger partial charge in [0.15, 0.2) is 28.1 Å². The summed E-state index contributed by atoms with van der Waals surface area (Å²) in [6, 6.07) is 1.08. The summed E-state index contributed by atoms with van der Waals surface area (Å²) in [6.45, 7) is 0. The number of carbonyl (C=O) groups is 1. The largest absolute Gasteiger partial charge is 0.291 e. The van der Waals surface area contributed by atoms with Gasteiger partial charge in [-0.1, -0.05) is 23.2 Å². The molecule has 0 aliphatic carbocycles. The fraction of sp³-hybridized carbons (Fsp3) is 0.125. The number of rotatable bonds is 2. The Kier molecular flexibility index (Phi) is 3.39. The molecule has 1 nitrogen and oxygen atoms in total. The molecule has 0 saturated heterocycles. The standard InChI is InChI=1S/C8H3Cl2F3O/c9-8(10)7(14)3-1-4(11)6(13)5(12)2-3/h1-2,8H. The molecular weight excluding hydrogens is 240 g/mol. The number of ketones is 1. The first-order chi connectivity index (χ1) is 6.43. The first-order valence-corrected chi connectivity index (χ1v) is 4.27. The number of carbonyl (C=O) groups excluding carboxylic acids is 1. The Hall–Kier alpha value is -0.740. The van der Waals surface area contributed by atoms with E-state index in [0.29, 0.717) is 12.1 Å². The van der Waals surface area contributed by atoms with E-state index >= 15 is 0 Å². The SMILES string of the molecule is O=C(c1cc(F)c(F)c(F)c1)C(Cl)Cl. The van der Waals surface area contributed by atoms with Crippen LogP contribution in [0.1, 0.15) is 10.4 Å². The fourth-order valence-electron chi connectivity index (χ4n) is 0.824. The molecule has 1 aromatic carbocycles. The van der Waals surface area contributed by atoms with Crippen LogP contribution in [0.25, 0.3) is 0 Å². The number of benzene rings is 1. The lowest BCUT2D eigenvalue weighted by atomic mass is 10.1. The Morgan fingerprint density at radius 3 is 1.93 bits per heavy atom. The van der Waals surface area contributed by atoms with Gasteiger partial charge in [0.2, 0.25) is 0 Å². The highest BCUT2D eigenvalue weighted by atomic mass is 35.5. The van der Waals surface area contributed by atoms with Crippen LogP contribution in [0.2, 0.25) is 0 Å². The van der Waals surface area contributed by atoms with Crippen LogP contribution in [-0.2, 0) is 0 Å². The number of Topliss-reactive ketones (excluding diaryl/α,β-unsaturated/α-hetero) is 1. The Morgan fingerprint density at radius 2 is 1.57 bits per heavy atom. The Labute approximate surface area is 87.4 Å². The zero-order valence-corrected chi connectivity index (χ0v) is 8.04. The van der Waals surface area contributed by atoms with Gasteiger partial charge in [-0.25, -0.2) is 13.2 Å². The number of hydrogen-bond donors (Lipinski definition) is 0. The summed E-state index contributed by atoms with van der Waals surface area (Å²) in [4.78, 5) is 9.61. The Balaban J connectivity index is 3.19. The van der Waals surface area contributed by atoms with Crippen molar-refractivity contribution >= 4 is 29.0 Å². The summed E-state index contributed by atoms with van der Waals surface area (Å²) in [5.41, 5.74) is -0.406. The number of halogens is 5. The summed E-state index contributed by atoms with van der Waals surface area (Å²) in [6.07, 6.45) is 0. The monoisotopic (exact) mass is 242 g/mol. The van der Waals surface area contributed by atoms with Crippen molar-refractivity contribution in [3.63, 3.8) is 0 Å². The molecule has 0 aliphatic rings. The summed E-state index contributed by atoms with van der Waals surface area (Å²) < 4.78 is 37.7. The highest BCUT2D eigenvalue weighted by Crippen LogP contribution is 2.17. The lowest BCUT2D eigenvalue weighted by Crippen LogP contribution is -2.09. The minimum atomic E-state index is -1.64. The predicted octanol–water partition coefficient (Wildman–Crippen LogP) is 3.09. The van der Waals surface area contributed by atoms with E-state index in [0.717, 1.165) is 0 Å². The maximum Gasteiger partial charge on any atom is 0.195 e. The molecule has 0 N–H and O–H groups in total. The zero-order chi connectivity index (χ0) is 10.9. The predicted molar refractivity (Wildman–Crippen MR) is 46.1 cm³/mol. The first-order valence-electron chi connectivity index (χ1n) is 3.40. The summed E-state index contributed by atoms with van der Waals surface area (Å²) >= 11 is 10.4. The third-order valence-corrected chi connectivity index (χ3v) is 1.86. The molecule has 0 heterocycles. The fourth-order valence-corrected chi connectivity index (χ4v) is 1.08. The van der Waals surface area contributed by atoms with Crippen molar-refractivity contribution in [3.05, 3.63) is 35.1 Å². The van der Waals surface area contributed by atoms with E-state index in [2.05, 4.69) is 0 Å². The molecule has 0 spiro atoms. The van der Waals surface area contributed by atoms with Crippen molar-refractivity contribution in [1.82, 2.24) is 0 Å². The second kappa shape index (κ2) is 4.19. The molecule has 0 aliphatic heterocycles. The topological polar surface area (TPSA) is 17.1 Å². The van der Waals surface area contributed by atoms with Crippen LogP contribution in [0, 0.1) is 17.5 Å². The van der Waals surface area contributed by atoms with Gasteiger partial charge < -0.3 is 0 Å². The smallest absolute Gasteiger partial charge is 0.195 e. The minimum absolute atomic E-state index is 0.406. The minimum Gasteiger partial charge on any atom is -0.291 e. The molecular formula is C8H3Cl2F3O. The van der Waals surface area contributed by atoms with E-state index in [4.69, 9.17) is 23.2 Å². The lowest BCUT2D eigenvalue weighted by molar-refractivity contribution is 0.101. The molecule has 76 valence electrons. The third kappa shape index (κ3) is 2.19. The highest BCUT2D eigenvalue weighted by molar-refractivity contribution is 6.55. The van der Waals surface area contributed by atoms with Crippen LogP contribution in [0.3, 0.4) is 0 Å². The molecule has 0 amide bonds. The van der Waals surface area contributed by atoms with Crippen molar-refractivity contribution in [2.45, 2.75) is 4.84 Å². The van der Waals surface area contributed by atoms with Gasteiger partial charge in [-0.3, -0.25) is 4.79 Å². The second-order valence-corrected chi connectivity index (χ2v) is 3.52. The maximum atomic E-state index is 12.6.